The fraction of sp³-hybridized carbons (Fsp3) is 0.889. The van der Waals surface area contributed by atoms with Gasteiger partial charge in [0.25, 0.3) is 0 Å². The van der Waals surface area contributed by atoms with E-state index < -0.39 is 0 Å². The highest BCUT2D eigenvalue weighted by molar-refractivity contribution is 5.81. The van der Waals surface area contributed by atoms with Crippen LogP contribution < -0.4 is 5.73 Å². The molecule has 4 nitrogen and oxygen atoms in total. The summed E-state index contributed by atoms with van der Waals surface area (Å²) in [5, 5.41) is 0. The third-order valence-electron chi connectivity index (χ3n) is 3.59. The number of aliphatic imine (C=N–C) groups is 1. The lowest BCUT2D eigenvalue weighted by molar-refractivity contribution is -0.0273. The van der Waals surface area contributed by atoms with Crippen molar-refractivity contribution in [2.45, 2.75) is 31.4 Å². The van der Waals surface area contributed by atoms with Crippen LogP contribution in [0.25, 0.3) is 0 Å². The van der Waals surface area contributed by atoms with Crippen molar-refractivity contribution < 1.29 is 4.74 Å². The van der Waals surface area contributed by atoms with E-state index in [-0.39, 0.29) is 11.1 Å². The van der Waals surface area contributed by atoms with Gasteiger partial charge in [-0.3, -0.25) is 4.99 Å². The maximum absolute atomic E-state index is 5.77. The van der Waals surface area contributed by atoms with Crippen molar-refractivity contribution in [3.8, 4) is 0 Å². The Balaban J connectivity index is 2.33. The minimum atomic E-state index is -0.146. The van der Waals surface area contributed by atoms with Crippen LogP contribution in [0.2, 0.25) is 0 Å². The normalized spacial score (nSPS) is 37.2. The Kier molecular flexibility index (Phi) is 1.61. The number of hydrogen-bond donors (Lipinski definition) is 1. The Hall–Kier alpha value is -0.770. The van der Waals surface area contributed by atoms with E-state index in [0.717, 1.165) is 19.6 Å². The lowest BCUT2D eigenvalue weighted by Gasteiger charge is -2.42. The summed E-state index contributed by atoms with van der Waals surface area (Å²) >= 11 is 0. The van der Waals surface area contributed by atoms with Gasteiger partial charge in [0, 0.05) is 13.7 Å². The average Bonchev–Trinajstić information content (AvgIpc) is 2.49. The molecule has 2 N–H and O–H groups in total. The van der Waals surface area contributed by atoms with Gasteiger partial charge in [-0.25, -0.2) is 0 Å². The summed E-state index contributed by atoms with van der Waals surface area (Å²) < 4.78 is 5.73. The third kappa shape index (κ3) is 0.921. The van der Waals surface area contributed by atoms with Gasteiger partial charge in [-0.15, -0.1) is 0 Å². The number of nitrogens with two attached hydrogens (primary N) is 1. The molecule has 0 aromatic rings. The lowest BCUT2D eigenvalue weighted by atomic mass is 9.81. The van der Waals surface area contributed by atoms with Crippen LogP contribution >= 0.6 is 0 Å². The number of ether oxygens (including phenoxy) is 1. The highest BCUT2D eigenvalue weighted by atomic mass is 16.5. The van der Waals surface area contributed by atoms with Crippen molar-refractivity contribution in [3.05, 3.63) is 0 Å². The van der Waals surface area contributed by atoms with Crippen LogP contribution in [0.5, 0.6) is 0 Å². The van der Waals surface area contributed by atoms with E-state index in [2.05, 4.69) is 23.7 Å². The van der Waals surface area contributed by atoms with Gasteiger partial charge in [-0.2, -0.15) is 0 Å². The first-order chi connectivity index (χ1) is 6.00. The highest BCUT2D eigenvalue weighted by Gasteiger charge is 2.55. The first-order valence-corrected chi connectivity index (χ1v) is 4.67. The number of hydrogen-bond acceptors (Lipinski definition) is 4. The summed E-state index contributed by atoms with van der Waals surface area (Å²) in [6, 6.07) is 0. The maximum Gasteiger partial charge on any atom is 0.191 e. The molecule has 2 rings (SSSR count). The molecule has 0 amide bonds. The Morgan fingerprint density at radius 3 is 2.62 bits per heavy atom. The van der Waals surface area contributed by atoms with Gasteiger partial charge in [-0.05, 0) is 20.3 Å². The molecular weight excluding hydrogens is 166 g/mol. The SMILES string of the molecule is CN1C(N)=NCC12CCOC2(C)C. The van der Waals surface area contributed by atoms with Gasteiger partial charge in [0.2, 0.25) is 0 Å². The van der Waals surface area contributed by atoms with Crippen LogP contribution in [0.15, 0.2) is 4.99 Å². The molecule has 13 heavy (non-hydrogen) atoms. The molecule has 1 unspecified atom stereocenters. The molecule has 1 spiro atoms. The molecule has 2 aliphatic rings. The van der Waals surface area contributed by atoms with Crippen LogP contribution in [0.1, 0.15) is 20.3 Å². The summed E-state index contributed by atoms with van der Waals surface area (Å²) in [5.74, 6) is 0.638. The Morgan fingerprint density at radius 2 is 2.23 bits per heavy atom. The molecule has 0 aliphatic carbocycles. The Labute approximate surface area is 78.8 Å². The standard InChI is InChI=1S/C9H17N3O/c1-8(2)9(4-5-13-8)6-11-7(10)12(9)3/h4-6H2,1-3H3,(H2,10,11). The molecule has 1 saturated heterocycles. The zero-order valence-electron chi connectivity index (χ0n) is 8.50. The van der Waals surface area contributed by atoms with Crippen LogP contribution in [0.4, 0.5) is 0 Å². The summed E-state index contributed by atoms with van der Waals surface area (Å²) in [6.45, 7) is 5.80. The molecule has 0 saturated carbocycles. The summed E-state index contributed by atoms with van der Waals surface area (Å²) in [6.07, 6.45) is 1.01. The number of guanidine groups is 1. The van der Waals surface area contributed by atoms with E-state index in [9.17, 15) is 0 Å². The minimum absolute atomic E-state index is 0.00289. The number of likely N-dealkylation sites (N-methyl/N-ethyl adjacent to an activating group) is 1. The van der Waals surface area contributed by atoms with Gasteiger partial charge in [0.05, 0.1) is 17.7 Å². The lowest BCUT2D eigenvalue weighted by Crippen LogP contribution is -2.59. The van der Waals surface area contributed by atoms with Crippen molar-refractivity contribution in [3.63, 3.8) is 0 Å². The van der Waals surface area contributed by atoms with E-state index in [1.54, 1.807) is 0 Å². The second-order valence-corrected chi connectivity index (χ2v) is 4.37. The summed E-state index contributed by atoms with van der Waals surface area (Å²) in [4.78, 5) is 6.36. The predicted octanol–water partition coefficient (Wildman–Crippen LogP) is 0.184. The van der Waals surface area contributed by atoms with Gasteiger partial charge in [0.1, 0.15) is 0 Å². The fourth-order valence-corrected chi connectivity index (χ4v) is 2.39. The molecule has 4 heteroatoms. The van der Waals surface area contributed by atoms with E-state index in [0.29, 0.717) is 5.96 Å². The molecule has 2 heterocycles. The molecule has 0 bridgehead atoms. The molecule has 1 atom stereocenters. The molecular formula is C9H17N3O. The Bertz CT molecular complexity index is 262. The third-order valence-corrected chi connectivity index (χ3v) is 3.59. The van der Waals surface area contributed by atoms with Crippen molar-refractivity contribution in [2.24, 2.45) is 10.7 Å². The van der Waals surface area contributed by atoms with Gasteiger partial charge in [0.15, 0.2) is 5.96 Å². The van der Waals surface area contributed by atoms with Crippen LogP contribution in [-0.4, -0.2) is 42.2 Å². The first kappa shape index (κ1) is 8.81. The van der Waals surface area contributed by atoms with Gasteiger partial charge < -0.3 is 15.4 Å². The molecule has 74 valence electrons. The van der Waals surface area contributed by atoms with Gasteiger partial charge >= 0.3 is 0 Å². The molecule has 1 fully saturated rings. The zero-order chi connectivity index (χ0) is 9.69. The number of rotatable bonds is 0. The van der Waals surface area contributed by atoms with Crippen molar-refractivity contribution in [1.29, 1.82) is 0 Å². The molecule has 0 aromatic heterocycles. The summed E-state index contributed by atoms with van der Waals surface area (Å²) in [5.41, 5.74) is 5.62. The van der Waals surface area contributed by atoms with E-state index in [4.69, 9.17) is 10.5 Å². The molecule has 0 aromatic carbocycles. The molecule has 2 aliphatic heterocycles. The smallest absolute Gasteiger partial charge is 0.191 e. The highest BCUT2D eigenvalue weighted by Crippen LogP contribution is 2.42. The van der Waals surface area contributed by atoms with Crippen LogP contribution in [0.3, 0.4) is 0 Å². The average molecular weight is 183 g/mol. The van der Waals surface area contributed by atoms with E-state index in [1.807, 2.05) is 7.05 Å². The quantitative estimate of drug-likeness (QED) is 0.583. The van der Waals surface area contributed by atoms with Crippen molar-refractivity contribution in [2.75, 3.05) is 20.2 Å². The van der Waals surface area contributed by atoms with Gasteiger partial charge in [-0.1, -0.05) is 0 Å². The minimum Gasteiger partial charge on any atom is -0.373 e. The topological polar surface area (TPSA) is 50.8 Å². The van der Waals surface area contributed by atoms with Crippen LogP contribution in [-0.2, 0) is 4.74 Å². The first-order valence-electron chi connectivity index (χ1n) is 4.67. The Morgan fingerprint density at radius 1 is 1.54 bits per heavy atom. The van der Waals surface area contributed by atoms with Crippen molar-refractivity contribution in [1.82, 2.24) is 4.90 Å². The maximum atomic E-state index is 5.77. The molecule has 0 radical (unpaired) electrons. The summed E-state index contributed by atoms with van der Waals surface area (Å²) in [7, 11) is 2.00. The van der Waals surface area contributed by atoms with Crippen molar-refractivity contribution >= 4 is 5.96 Å². The second kappa shape index (κ2) is 2.38. The predicted molar refractivity (Wildman–Crippen MR) is 51.6 cm³/mol. The second-order valence-electron chi connectivity index (χ2n) is 4.37. The van der Waals surface area contributed by atoms with Crippen LogP contribution in [0, 0.1) is 0 Å². The number of nitrogens with zero attached hydrogens (tertiary/aromatic N) is 2. The fourth-order valence-electron chi connectivity index (χ4n) is 2.39. The van der Waals surface area contributed by atoms with E-state index in [1.165, 1.54) is 0 Å². The van der Waals surface area contributed by atoms with E-state index >= 15 is 0 Å². The monoisotopic (exact) mass is 183 g/mol. The largest absolute Gasteiger partial charge is 0.373 e. The zero-order valence-corrected chi connectivity index (χ0v) is 8.50.